The predicted octanol–water partition coefficient (Wildman–Crippen LogP) is 2.31. The lowest BCUT2D eigenvalue weighted by Crippen LogP contribution is -2.15. The van der Waals surface area contributed by atoms with Gasteiger partial charge in [-0.1, -0.05) is 0 Å². The number of aromatic nitrogens is 2. The summed E-state index contributed by atoms with van der Waals surface area (Å²) in [7, 11) is 5.85. The predicted molar refractivity (Wildman–Crippen MR) is 82.7 cm³/mol. The third-order valence-corrected chi connectivity index (χ3v) is 3.34. The molecular weight excluding hydrogens is 270 g/mol. The lowest BCUT2D eigenvalue weighted by molar-refractivity contribution is -0.384. The maximum absolute atomic E-state index is 10.7. The summed E-state index contributed by atoms with van der Waals surface area (Å²) in [6.07, 6.45) is 1.82. The molecule has 112 valence electrons. The average Bonchev–Trinajstić information content (AvgIpc) is 2.78. The van der Waals surface area contributed by atoms with Gasteiger partial charge in [0, 0.05) is 39.0 Å². The molecule has 0 radical (unpaired) electrons. The highest BCUT2D eigenvalue weighted by Crippen LogP contribution is 2.22. The van der Waals surface area contributed by atoms with Gasteiger partial charge in [-0.2, -0.15) is 0 Å². The molecule has 0 aliphatic rings. The number of imidazole rings is 1. The van der Waals surface area contributed by atoms with Crippen molar-refractivity contribution in [1.82, 2.24) is 9.55 Å². The molecule has 2 aromatic rings. The molecule has 1 heterocycles. The summed E-state index contributed by atoms with van der Waals surface area (Å²) in [5, 5.41) is 14.0. The van der Waals surface area contributed by atoms with Gasteiger partial charge in [0.2, 0.25) is 5.95 Å². The fourth-order valence-corrected chi connectivity index (χ4v) is 2.16. The second-order valence-corrected chi connectivity index (χ2v) is 5.11. The molecule has 7 nitrogen and oxygen atoms in total. The van der Waals surface area contributed by atoms with E-state index in [2.05, 4.69) is 10.3 Å². The summed E-state index contributed by atoms with van der Waals surface area (Å²) < 4.78 is 2.01. The van der Waals surface area contributed by atoms with Gasteiger partial charge in [0.25, 0.3) is 5.69 Å². The Morgan fingerprint density at radius 3 is 2.67 bits per heavy atom. The van der Waals surface area contributed by atoms with Crippen molar-refractivity contribution in [3.63, 3.8) is 0 Å². The number of benzene rings is 1. The van der Waals surface area contributed by atoms with Crippen molar-refractivity contribution in [2.24, 2.45) is 7.05 Å². The van der Waals surface area contributed by atoms with Crippen LogP contribution in [0.1, 0.15) is 11.3 Å². The van der Waals surface area contributed by atoms with Crippen molar-refractivity contribution in [2.75, 3.05) is 24.3 Å². The monoisotopic (exact) mass is 289 g/mol. The molecule has 0 fully saturated rings. The molecule has 0 amide bonds. The largest absolute Gasteiger partial charge is 0.379 e. The molecule has 2 rings (SSSR count). The Kier molecular flexibility index (Phi) is 4.11. The second-order valence-electron chi connectivity index (χ2n) is 5.11. The average molecular weight is 289 g/mol. The smallest absolute Gasteiger partial charge is 0.269 e. The third kappa shape index (κ3) is 3.13. The van der Waals surface area contributed by atoms with Gasteiger partial charge in [0.05, 0.1) is 23.4 Å². The zero-order valence-electron chi connectivity index (χ0n) is 12.6. The van der Waals surface area contributed by atoms with E-state index in [1.54, 1.807) is 12.1 Å². The summed E-state index contributed by atoms with van der Waals surface area (Å²) in [6, 6.07) is 4.80. The number of rotatable bonds is 5. The molecule has 21 heavy (non-hydrogen) atoms. The van der Waals surface area contributed by atoms with E-state index >= 15 is 0 Å². The SMILES string of the molecule is Cc1cc([N+](=O)[O-])ccc1NCc1cnc(N(C)C)n1C. The van der Waals surface area contributed by atoms with Crippen LogP contribution >= 0.6 is 0 Å². The van der Waals surface area contributed by atoms with Crippen molar-refractivity contribution in [3.8, 4) is 0 Å². The van der Waals surface area contributed by atoms with Crippen molar-refractivity contribution >= 4 is 17.3 Å². The fraction of sp³-hybridized carbons (Fsp3) is 0.357. The van der Waals surface area contributed by atoms with E-state index in [9.17, 15) is 10.1 Å². The first-order valence-electron chi connectivity index (χ1n) is 6.57. The summed E-state index contributed by atoms with van der Waals surface area (Å²) in [6.45, 7) is 2.46. The standard InChI is InChI=1S/C14H19N5O2/c1-10-7-11(19(20)21)5-6-13(10)15-8-12-9-16-14(17(2)3)18(12)4/h5-7,9,15H,8H2,1-4H3. The van der Waals surface area contributed by atoms with Gasteiger partial charge >= 0.3 is 0 Å². The van der Waals surface area contributed by atoms with Gasteiger partial charge in [0.15, 0.2) is 0 Å². The highest BCUT2D eigenvalue weighted by atomic mass is 16.6. The van der Waals surface area contributed by atoms with Crippen LogP contribution in [0, 0.1) is 17.0 Å². The van der Waals surface area contributed by atoms with Crippen LogP contribution in [0.4, 0.5) is 17.3 Å². The zero-order valence-corrected chi connectivity index (χ0v) is 12.6. The molecule has 1 aromatic heterocycles. The Balaban J connectivity index is 2.12. The molecule has 1 aromatic carbocycles. The lowest BCUT2D eigenvalue weighted by atomic mass is 10.2. The van der Waals surface area contributed by atoms with Gasteiger partial charge in [-0.05, 0) is 18.6 Å². The minimum absolute atomic E-state index is 0.105. The number of nitrogens with zero attached hydrogens (tertiary/aromatic N) is 4. The summed E-state index contributed by atoms with van der Waals surface area (Å²) in [5.74, 6) is 0.882. The van der Waals surface area contributed by atoms with Crippen LogP contribution in [0.2, 0.25) is 0 Å². The van der Waals surface area contributed by atoms with E-state index < -0.39 is 0 Å². The highest BCUT2D eigenvalue weighted by Gasteiger charge is 2.10. The number of nitro benzene ring substituents is 1. The summed E-state index contributed by atoms with van der Waals surface area (Å²) >= 11 is 0. The van der Waals surface area contributed by atoms with Gasteiger partial charge in [-0.25, -0.2) is 4.98 Å². The van der Waals surface area contributed by atoms with Crippen LogP contribution in [0.5, 0.6) is 0 Å². The number of anilines is 2. The van der Waals surface area contributed by atoms with Crippen molar-refractivity contribution < 1.29 is 4.92 Å². The summed E-state index contributed by atoms with van der Waals surface area (Å²) in [5.41, 5.74) is 2.87. The van der Waals surface area contributed by atoms with E-state index in [-0.39, 0.29) is 10.6 Å². The minimum Gasteiger partial charge on any atom is -0.379 e. The van der Waals surface area contributed by atoms with Crippen molar-refractivity contribution in [3.05, 3.63) is 45.8 Å². The normalized spacial score (nSPS) is 10.5. The van der Waals surface area contributed by atoms with E-state index in [0.717, 1.165) is 22.9 Å². The van der Waals surface area contributed by atoms with Gasteiger partial charge in [-0.15, -0.1) is 0 Å². The number of nitrogens with one attached hydrogen (secondary N) is 1. The van der Waals surface area contributed by atoms with Crippen molar-refractivity contribution in [2.45, 2.75) is 13.5 Å². The Morgan fingerprint density at radius 1 is 1.43 bits per heavy atom. The topological polar surface area (TPSA) is 76.2 Å². The number of hydrogen-bond acceptors (Lipinski definition) is 5. The summed E-state index contributed by atoms with van der Waals surface area (Å²) in [4.78, 5) is 16.6. The Bertz CT molecular complexity index is 663. The Labute approximate surface area is 123 Å². The van der Waals surface area contributed by atoms with E-state index in [1.807, 2.05) is 43.7 Å². The first-order valence-corrected chi connectivity index (χ1v) is 6.57. The molecule has 7 heteroatoms. The van der Waals surface area contributed by atoms with E-state index in [4.69, 9.17) is 0 Å². The first kappa shape index (κ1) is 14.8. The van der Waals surface area contributed by atoms with Crippen LogP contribution in [0.25, 0.3) is 0 Å². The van der Waals surface area contributed by atoms with Gasteiger partial charge in [-0.3, -0.25) is 10.1 Å². The number of aryl methyl sites for hydroxylation is 1. The van der Waals surface area contributed by atoms with Crippen LogP contribution in [-0.4, -0.2) is 28.6 Å². The highest BCUT2D eigenvalue weighted by molar-refractivity contribution is 5.55. The van der Waals surface area contributed by atoms with Crippen molar-refractivity contribution in [1.29, 1.82) is 0 Å². The van der Waals surface area contributed by atoms with Crippen LogP contribution in [-0.2, 0) is 13.6 Å². The van der Waals surface area contributed by atoms with Crippen LogP contribution in [0.15, 0.2) is 24.4 Å². The van der Waals surface area contributed by atoms with Crippen LogP contribution in [0.3, 0.4) is 0 Å². The molecule has 0 aliphatic carbocycles. The Morgan fingerprint density at radius 2 is 2.14 bits per heavy atom. The maximum Gasteiger partial charge on any atom is 0.269 e. The molecular formula is C14H19N5O2. The lowest BCUT2D eigenvalue weighted by Gasteiger charge is -2.13. The van der Waals surface area contributed by atoms with E-state index in [0.29, 0.717) is 6.54 Å². The quantitative estimate of drug-likeness (QED) is 0.675. The van der Waals surface area contributed by atoms with Gasteiger partial charge in [0.1, 0.15) is 0 Å². The molecule has 0 unspecified atom stereocenters. The van der Waals surface area contributed by atoms with E-state index in [1.165, 1.54) is 6.07 Å². The molecule has 0 saturated heterocycles. The first-order chi connectivity index (χ1) is 9.90. The third-order valence-electron chi connectivity index (χ3n) is 3.34. The van der Waals surface area contributed by atoms with Crippen LogP contribution < -0.4 is 10.2 Å². The molecule has 0 bridgehead atoms. The maximum atomic E-state index is 10.7. The second kappa shape index (κ2) is 5.82. The fourth-order valence-electron chi connectivity index (χ4n) is 2.16. The minimum atomic E-state index is -0.388. The van der Waals surface area contributed by atoms with Gasteiger partial charge < -0.3 is 14.8 Å². The Hall–Kier alpha value is -2.57. The molecule has 0 atom stereocenters. The molecule has 0 saturated carbocycles. The number of non-ortho nitro benzene ring substituents is 1. The molecule has 0 aliphatic heterocycles. The number of nitro groups is 1. The number of hydrogen-bond donors (Lipinski definition) is 1. The zero-order chi connectivity index (χ0) is 15.6. The molecule has 0 spiro atoms. The molecule has 1 N–H and O–H groups in total.